The number of aryl methyl sites for hydroxylation is 2. The van der Waals surface area contributed by atoms with Crippen molar-refractivity contribution in [2.24, 2.45) is 0 Å². The number of hydrogen-bond acceptors (Lipinski definition) is 6. The maximum atomic E-state index is 12.6. The van der Waals surface area contributed by atoms with Gasteiger partial charge in [-0.2, -0.15) is 5.26 Å². The molecule has 0 bridgehead atoms. The van der Waals surface area contributed by atoms with Gasteiger partial charge in [0.05, 0.1) is 12.2 Å². The normalized spacial score (nSPS) is 11.5. The fourth-order valence-electron chi connectivity index (χ4n) is 2.57. The minimum Gasteiger partial charge on any atom is -0.481 e. The van der Waals surface area contributed by atoms with E-state index >= 15 is 0 Å². The Balaban J connectivity index is 2.19. The number of anilines is 1. The third-order valence-electron chi connectivity index (χ3n) is 4.05. The molecule has 28 heavy (non-hydrogen) atoms. The Hall–Kier alpha value is -2.56. The van der Waals surface area contributed by atoms with Crippen molar-refractivity contribution in [3.63, 3.8) is 0 Å². The van der Waals surface area contributed by atoms with Crippen molar-refractivity contribution in [3.05, 3.63) is 44.3 Å². The number of thiophene rings is 1. The van der Waals surface area contributed by atoms with Crippen LogP contribution in [0.3, 0.4) is 0 Å². The number of benzene rings is 1. The molecule has 1 aromatic heterocycles. The van der Waals surface area contributed by atoms with Crippen molar-refractivity contribution < 1.29 is 19.1 Å². The summed E-state index contributed by atoms with van der Waals surface area (Å²) in [6.07, 6.45) is -0.819. The second kappa shape index (κ2) is 9.09. The molecule has 0 saturated heterocycles. The highest BCUT2D eigenvalue weighted by Crippen LogP contribution is 2.33. The van der Waals surface area contributed by atoms with Crippen LogP contribution in [0.2, 0.25) is 5.02 Å². The van der Waals surface area contributed by atoms with E-state index in [0.29, 0.717) is 26.2 Å². The molecule has 6 nitrogen and oxygen atoms in total. The van der Waals surface area contributed by atoms with Gasteiger partial charge in [0, 0.05) is 5.02 Å². The molecule has 2 rings (SSSR count). The van der Waals surface area contributed by atoms with Gasteiger partial charge in [-0.15, -0.1) is 11.3 Å². The first-order chi connectivity index (χ1) is 13.2. The summed E-state index contributed by atoms with van der Waals surface area (Å²) in [6, 6.07) is 5.54. The zero-order chi connectivity index (χ0) is 21.0. The van der Waals surface area contributed by atoms with Crippen molar-refractivity contribution >= 4 is 39.8 Å². The lowest BCUT2D eigenvalue weighted by atomic mass is 10.1. The molecule has 0 aliphatic carbocycles. The molecule has 1 amide bonds. The van der Waals surface area contributed by atoms with Crippen LogP contribution in [0.4, 0.5) is 5.00 Å². The smallest absolute Gasteiger partial charge is 0.348 e. The third-order valence-corrected chi connectivity index (χ3v) is 5.83. The zero-order valence-corrected chi connectivity index (χ0v) is 17.9. The standard InChI is InChI=1S/C20H21ClN2O4S/c1-6-26-20(25)17-12(4)15(9-22)19(28-17)23-18(24)13(5)27-14-7-10(2)16(21)11(3)8-14/h7-8,13H,6H2,1-5H3,(H,23,24). The molecule has 0 radical (unpaired) electrons. The molecule has 1 atom stereocenters. The van der Waals surface area contributed by atoms with E-state index in [9.17, 15) is 14.9 Å². The monoisotopic (exact) mass is 420 g/mol. The summed E-state index contributed by atoms with van der Waals surface area (Å²) >= 11 is 7.17. The summed E-state index contributed by atoms with van der Waals surface area (Å²) in [5, 5.41) is 13.0. The lowest BCUT2D eigenvalue weighted by Crippen LogP contribution is -2.30. The number of nitriles is 1. The van der Waals surface area contributed by atoms with Crippen molar-refractivity contribution in [1.82, 2.24) is 0 Å². The largest absolute Gasteiger partial charge is 0.481 e. The predicted molar refractivity (Wildman–Crippen MR) is 109 cm³/mol. The second-order valence-electron chi connectivity index (χ2n) is 6.21. The van der Waals surface area contributed by atoms with E-state index in [-0.39, 0.29) is 12.2 Å². The molecule has 0 aliphatic rings. The Labute approximate surface area is 173 Å². The maximum absolute atomic E-state index is 12.6. The molecule has 148 valence electrons. The van der Waals surface area contributed by atoms with E-state index < -0.39 is 18.0 Å². The molecule has 0 spiro atoms. The van der Waals surface area contributed by atoms with E-state index in [1.165, 1.54) is 0 Å². The van der Waals surface area contributed by atoms with E-state index in [2.05, 4.69) is 5.32 Å². The van der Waals surface area contributed by atoms with Gasteiger partial charge >= 0.3 is 5.97 Å². The van der Waals surface area contributed by atoms with E-state index in [1.807, 2.05) is 19.9 Å². The van der Waals surface area contributed by atoms with Gasteiger partial charge < -0.3 is 14.8 Å². The fraction of sp³-hybridized carbons (Fsp3) is 0.350. The zero-order valence-electron chi connectivity index (χ0n) is 16.3. The van der Waals surface area contributed by atoms with Crippen LogP contribution in [0, 0.1) is 32.1 Å². The minimum absolute atomic E-state index is 0.227. The Kier molecular flexibility index (Phi) is 7.05. The Morgan fingerprint density at radius 2 is 1.89 bits per heavy atom. The highest BCUT2D eigenvalue weighted by atomic mass is 35.5. The van der Waals surface area contributed by atoms with Gasteiger partial charge in [-0.3, -0.25) is 4.79 Å². The number of carbonyl (C=O) groups excluding carboxylic acids is 2. The minimum atomic E-state index is -0.819. The molecule has 2 aromatic rings. The SMILES string of the molecule is CCOC(=O)c1sc(NC(=O)C(C)Oc2cc(C)c(Cl)c(C)c2)c(C#N)c1C. The maximum Gasteiger partial charge on any atom is 0.348 e. The van der Waals surface area contributed by atoms with Gasteiger partial charge in [-0.1, -0.05) is 11.6 Å². The molecule has 1 unspecified atom stereocenters. The lowest BCUT2D eigenvalue weighted by molar-refractivity contribution is -0.122. The first-order valence-electron chi connectivity index (χ1n) is 8.64. The summed E-state index contributed by atoms with van der Waals surface area (Å²) in [7, 11) is 0. The van der Waals surface area contributed by atoms with Gasteiger partial charge in [-0.05, 0) is 63.4 Å². The highest BCUT2D eigenvalue weighted by molar-refractivity contribution is 7.18. The number of amides is 1. The lowest BCUT2D eigenvalue weighted by Gasteiger charge is -2.16. The molecule has 8 heteroatoms. The molecule has 1 N–H and O–H groups in total. The Bertz CT molecular complexity index is 939. The number of hydrogen-bond donors (Lipinski definition) is 1. The van der Waals surface area contributed by atoms with Crippen molar-refractivity contribution in [2.45, 2.75) is 40.7 Å². The first-order valence-corrected chi connectivity index (χ1v) is 9.83. The number of rotatable bonds is 6. The molecule has 1 heterocycles. The quantitative estimate of drug-likeness (QED) is 0.679. The van der Waals surface area contributed by atoms with E-state index in [0.717, 1.165) is 22.5 Å². The van der Waals surface area contributed by atoms with Crippen molar-refractivity contribution in [3.8, 4) is 11.8 Å². The number of nitrogens with zero attached hydrogens (tertiary/aromatic N) is 1. The van der Waals surface area contributed by atoms with Crippen LogP contribution in [0.1, 0.15) is 45.8 Å². The van der Waals surface area contributed by atoms with Crippen LogP contribution in [0.5, 0.6) is 5.75 Å². The fourth-order valence-corrected chi connectivity index (χ4v) is 3.74. The average Bonchev–Trinajstić information content (AvgIpc) is 2.95. The molecule has 0 fully saturated rings. The van der Waals surface area contributed by atoms with Gasteiger partial charge in [-0.25, -0.2) is 4.79 Å². The number of esters is 1. The van der Waals surface area contributed by atoms with Crippen LogP contribution in [0.15, 0.2) is 12.1 Å². The number of halogens is 1. The van der Waals surface area contributed by atoms with Crippen LogP contribution < -0.4 is 10.1 Å². The summed E-state index contributed by atoms with van der Waals surface area (Å²) in [5.41, 5.74) is 2.43. The summed E-state index contributed by atoms with van der Waals surface area (Å²) in [4.78, 5) is 24.9. The summed E-state index contributed by atoms with van der Waals surface area (Å²) < 4.78 is 10.7. The van der Waals surface area contributed by atoms with E-state index in [1.54, 1.807) is 32.9 Å². The molecule has 0 saturated carbocycles. The van der Waals surface area contributed by atoms with Gasteiger partial charge in [0.2, 0.25) is 0 Å². The predicted octanol–water partition coefficient (Wildman–Crippen LogP) is 4.78. The first kappa shape index (κ1) is 21.7. The van der Waals surface area contributed by atoms with Gasteiger partial charge in [0.15, 0.2) is 6.10 Å². The van der Waals surface area contributed by atoms with Crippen molar-refractivity contribution in [1.29, 1.82) is 5.26 Å². The molecular formula is C20H21ClN2O4S. The number of carbonyl (C=O) groups is 2. The molecule has 0 aliphatic heterocycles. The summed E-state index contributed by atoms with van der Waals surface area (Å²) in [6.45, 7) is 8.90. The van der Waals surface area contributed by atoms with Crippen LogP contribution >= 0.6 is 22.9 Å². The highest BCUT2D eigenvalue weighted by Gasteiger charge is 2.24. The molecular weight excluding hydrogens is 400 g/mol. The second-order valence-corrected chi connectivity index (χ2v) is 7.61. The van der Waals surface area contributed by atoms with Crippen LogP contribution in [-0.2, 0) is 9.53 Å². The van der Waals surface area contributed by atoms with Gasteiger partial charge in [0.1, 0.15) is 21.7 Å². The van der Waals surface area contributed by atoms with E-state index in [4.69, 9.17) is 21.1 Å². The van der Waals surface area contributed by atoms with Gasteiger partial charge in [0.25, 0.3) is 5.91 Å². The Morgan fingerprint density at radius 3 is 2.43 bits per heavy atom. The van der Waals surface area contributed by atoms with Crippen LogP contribution in [0.25, 0.3) is 0 Å². The summed E-state index contributed by atoms with van der Waals surface area (Å²) in [5.74, 6) is -0.422. The third kappa shape index (κ3) is 4.64. The van der Waals surface area contributed by atoms with Crippen LogP contribution in [-0.4, -0.2) is 24.6 Å². The Morgan fingerprint density at radius 1 is 1.29 bits per heavy atom. The number of nitrogens with one attached hydrogen (secondary N) is 1. The topological polar surface area (TPSA) is 88.4 Å². The van der Waals surface area contributed by atoms with Crippen molar-refractivity contribution in [2.75, 3.05) is 11.9 Å². The molecule has 1 aromatic carbocycles. The number of ether oxygens (including phenoxy) is 2. The average molecular weight is 421 g/mol.